The van der Waals surface area contributed by atoms with Gasteiger partial charge in [0, 0.05) is 14.9 Å². The van der Waals surface area contributed by atoms with Crippen molar-refractivity contribution in [3.8, 4) is 0 Å². The largest absolute Gasteiger partial charge is 0.309 e. The standard InChI is InChI=1S/C12H10BrClFNS/c1-16-12(11-3-2-4-17-11)7-5-9(14)8(13)6-10(7)15/h2-6,12,16H,1H3. The minimum Gasteiger partial charge on any atom is -0.309 e. The molecular formula is C12H10BrClFNS. The summed E-state index contributed by atoms with van der Waals surface area (Å²) in [6, 6.07) is 6.81. The van der Waals surface area contributed by atoms with Crippen LogP contribution in [0.25, 0.3) is 0 Å². The van der Waals surface area contributed by atoms with Crippen molar-refractivity contribution in [2.75, 3.05) is 7.05 Å². The maximum Gasteiger partial charge on any atom is 0.129 e. The predicted octanol–water partition coefficient (Wildman–Crippen LogP) is 4.61. The molecule has 0 bridgehead atoms. The van der Waals surface area contributed by atoms with E-state index in [1.54, 1.807) is 24.5 Å². The molecule has 1 N–H and O–H groups in total. The minimum atomic E-state index is -0.269. The maximum atomic E-state index is 13.9. The van der Waals surface area contributed by atoms with Gasteiger partial charge in [0.2, 0.25) is 0 Å². The van der Waals surface area contributed by atoms with Crippen molar-refractivity contribution in [2.45, 2.75) is 6.04 Å². The van der Waals surface area contributed by atoms with Gasteiger partial charge in [0.25, 0.3) is 0 Å². The van der Waals surface area contributed by atoms with Gasteiger partial charge in [-0.15, -0.1) is 11.3 Å². The van der Waals surface area contributed by atoms with Gasteiger partial charge in [-0.3, -0.25) is 0 Å². The van der Waals surface area contributed by atoms with Crippen molar-refractivity contribution in [3.63, 3.8) is 0 Å². The number of thiophene rings is 1. The highest BCUT2D eigenvalue weighted by atomic mass is 79.9. The van der Waals surface area contributed by atoms with Crippen LogP contribution < -0.4 is 5.32 Å². The highest BCUT2D eigenvalue weighted by molar-refractivity contribution is 9.10. The van der Waals surface area contributed by atoms with Crippen molar-refractivity contribution < 1.29 is 4.39 Å². The van der Waals surface area contributed by atoms with E-state index in [2.05, 4.69) is 21.2 Å². The van der Waals surface area contributed by atoms with Crippen molar-refractivity contribution in [3.05, 3.63) is 55.4 Å². The van der Waals surface area contributed by atoms with E-state index in [9.17, 15) is 4.39 Å². The Morgan fingerprint density at radius 3 is 2.82 bits per heavy atom. The van der Waals surface area contributed by atoms with E-state index in [0.717, 1.165) is 4.88 Å². The van der Waals surface area contributed by atoms with Crippen LogP contribution in [-0.2, 0) is 0 Å². The lowest BCUT2D eigenvalue weighted by molar-refractivity contribution is 0.578. The Balaban J connectivity index is 2.48. The number of hydrogen-bond acceptors (Lipinski definition) is 2. The van der Waals surface area contributed by atoms with Gasteiger partial charge >= 0.3 is 0 Å². The number of rotatable bonds is 3. The van der Waals surface area contributed by atoms with Gasteiger partial charge in [-0.1, -0.05) is 17.7 Å². The van der Waals surface area contributed by atoms with Gasteiger partial charge in [0.1, 0.15) is 5.82 Å². The molecule has 1 atom stereocenters. The summed E-state index contributed by atoms with van der Waals surface area (Å²) in [4.78, 5) is 1.06. The minimum absolute atomic E-state index is 0.166. The number of nitrogens with one attached hydrogen (secondary N) is 1. The summed E-state index contributed by atoms with van der Waals surface area (Å²) < 4.78 is 14.5. The Morgan fingerprint density at radius 2 is 2.24 bits per heavy atom. The number of halogens is 3. The number of hydrogen-bond donors (Lipinski definition) is 1. The lowest BCUT2D eigenvalue weighted by atomic mass is 10.1. The first-order valence-corrected chi connectivity index (χ1v) is 7.03. The van der Waals surface area contributed by atoms with Crippen LogP contribution >= 0.6 is 38.9 Å². The zero-order valence-electron chi connectivity index (χ0n) is 9.01. The second kappa shape index (κ2) is 5.48. The molecule has 0 aliphatic rings. The molecule has 5 heteroatoms. The average molecular weight is 335 g/mol. The summed E-state index contributed by atoms with van der Waals surface area (Å²) in [5.74, 6) is -0.269. The van der Waals surface area contributed by atoms with Crippen molar-refractivity contribution >= 4 is 38.9 Å². The molecule has 0 radical (unpaired) electrons. The highest BCUT2D eigenvalue weighted by Gasteiger charge is 2.18. The zero-order chi connectivity index (χ0) is 12.4. The molecule has 1 aromatic carbocycles. The molecule has 0 spiro atoms. The second-order valence-electron chi connectivity index (χ2n) is 3.52. The molecule has 0 saturated heterocycles. The van der Waals surface area contributed by atoms with Crippen molar-refractivity contribution in [2.24, 2.45) is 0 Å². The van der Waals surface area contributed by atoms with E-state index in [-0.39, 0.29) is 11.9 Å². The van der Waals surface area contributed by atoms with Crippen LogP contribution in [0.2, 0.25) is 5.02 Å². The summed E-state index contributed by atoms with van der Waals surface area (Å²) >= 11 is 10.8. The van der Waals surface area contributed by atoms with Crippen LogP contribution in [-0.4, -0.2) is 7.05 Å². The lowest BCUT2D eigenvalue weighted by Gasteiger charge is -2.16. The molecule has 90 valence electrons. The third-order valence-electron chi connectivity index (χ3n) is 2.47. The SMILES string of the molecule is CNC(c1cccs1)c1cc(Cl)c(Br)cc1F. The average Bonchev–Trinajstić information content (AvgIpc) is 2.80. The van der Waals surface area contributed by atoms with Gasteiger partial charge in [0.15, 0.2) is 0 Å². The molecule has 1 nitrogen and oxygen atoms in total. The Labute approximate surface area is 117 Å². The molecular weight excluding hydrogens is 325 g/mol. The van der Waals surface area contributed by atoms with E-state index < -0.39 is 0 Å². The Bertz CT molecular complexity index is 515. The van der Waals surface area contributed by atoms with Crippen LogP contribution in [0.15, 0.2) is 34.1 Å². The van der Waals surface area contributed by atoms with Gasteiger partial charge in [-0.05, 0) is 46.6 Å². The molecule has 1 heterocycles. The summed E-state index contributed by atoms with van der Waals surface area (Å²) in [5, 5.41) is 5.59. The molecule has 1 aromatic heterocycles. The van der Waals surface area contributed by atoms with Gasteiger partial charge < -0.3 is 5.32 Å². The van der Waals surface area contributed by atoms with Gasteiger partial charge in [-0.25, -0.2) is 4.39 Å². The molecule has 0 fully saturated rings. The highest BCUT2D eigenvalue weighted by Crippen LogP contribution is 2.32. The molecule has 0 aliphatic heterocycles. The normalized spacial score (nSPS) is 12.7. The molecule has 0 aliphatic carbocycles. The lowest BCUT2D eigenvalue weighted by Crippen LogP contribution is -2.17. The molecule has 0 saturated carbocycles. The first-order chi connectivity index (χ1) is 8.13. The Kier molecular flexibility index (Phi) is 4.20. The molecule has 1 unspecified atom stereocenters. The molecule has 17 heavy (non-hydrogen) atoms. The van der Waals surface area contributed by atoms with E-state index in [0.29, 0.717) is 15.1 Å². The van der Waals surface area contributed by atoms with E-state index in [1.807, 2.05) is 17.5 Å². The fourth-order valence-electron chi connectivity index (χ4n) is 1.67. The molecule has 2 aromatic rings. The van der Waals surface area contributed by atoms with E-state index in [4.69, 9.17) is 11.6 Å². The van der Waals surface area contributed by atoms with Crippen molar-refractivity contribution in [1.82, 2.24) is 5.32 Å². The van der Waals surface area contributed by atoms with Crippen molar-refractivity contribution in [1.29, 1.82) is 0 Å². The Morgan fingerprint density at radius 1 is 1.47 bits per heavy atom. The Hall–Kier alpha value is -0.420. The fourth-order valence-corrected chi connectivity index (χ4v) is 3.01. The molecule has 2 rings (SSSR count). The smallest absolute Gasteiger partial charge is 0.129 e. The van der Waals surface area contributed by atoms with Gasteiger partial charge in [0.05, 0.1) is 11.1 Å². The summed E-state index contributed by atoms with van der Waals surface area (Å²) in [5.41, 5.74) is 0.558. The third-order valence-corrected chi connectivity index (χ3v) is 4.60. The molecule has 0 amide bonds. The van der Waals surface area contributed by atoms with Crippen LogP contribution in [0.5, 0.6) is 0 Å². The topological polar surface area (TPSA) is 12.0 Å². The quantitative estimate of drug-likeness (QED) is 0.808. The van der Waals surface area contributed by atoms with E-state index in [1.165, 1.54) is 6.07 Å². The predicted molar refractivity (Wildman–Crippen MR) is 74.3 cm³/mol. The van der Waals surface area contributed by atoms with Crippen LogP contribution in [0.4, 0.5) is 4.39 Å². The summed E-state index contributed by atoms with van der Waals surface area (Å²) in [6.07, 6.45) is 0. The monoisotopic (exact) mass is 333 g/mol. The van der Waals surface area contributed by atoms with Gasteiger partial charge in [-0.2, -0.15) is 0 Å². The number of benzene rings is 1. The maximum absolute atomic E-state index is 13.9. The zero-order valence-corrected chi connectivity index (χ0v) is 12.2. The third kappa shape index (κ3) is 2.71. The second-order valence-corrected chi connectivity index (χ2v) is 5.77. The summed E-state index contributed by atoms with van der Waals surface area (Å²) in [6.45, 7) is 0. The van der Waals surface area contributed by atoms with Crippen LogP contribution in [0.3, 0.4) is 0 Å². The fraction of sp³-hybridized carbons (Fsp3) is 0.167. The van der Waals surface area contributed by atoms with E-state index >= 15 is 0 Å². The van der Waals surface area contributed by atoms with Crippen LogP contribution in [0.1, 0.15) is 16.5 Å². The summed E-state index contributed by atoms with van der Waals surface area (Å²) in [7, 11) is 1.81. The first kappa shape index (κ1) is 13.0. The first-order valence-electron chi connectivity index (χ1n) is 4.98. The van der Waals surface area contributed by atoms with Crippen LogP contribution in [0, 0.1) is 5.82 Å².